The van der Waals surface area contributed by atoms with Gasteiger partial charge in [-0.15, -0.1) is 0 Å². The van der Waals surface area contributed by atoms with Crippen LogP contribution in [0, 0.1) is 6.92 Å². The van der Waals surface area contributed by atoms with Crippen molar-refractivity contribution in [2.45, 2.75) is 30.7 Å². The van der Waals surface area contributed by atoms with Gasteiger partial charge >= 0.3 is 0 Å². The average Bonchev–Trinajstić information content (AvgIpc) is 3.39. The largest absolute Gasteiger partial charge is 0.322 e. The zero-order valence-corrected chi connectivity index (χ0v) is 16.2. The van der Waals surface area contributed by atoms with Gasteiger partial charge in [-0.1, -0.05) is 22.0 Å². The van der Waals surface area contributed by atoms with Crippen LogP contribution >= 0.6 is 15.9 Å². The number of nitrogens with one attached hydrogen (secondary N) is 1. The van der Waals surface area contributed by atoms with Crippen LogP contribution in [0.25, 0.3) is 0 Å². The summed E-state index contributed by atoms with van der Waals surface area (Å²) in [4.78, 5) is 24.8. The Balaban J connectivity index is 1.66. The summed E-state index contributed by atoms with van der Waals surface area (Å²) in [6.45, 7) is 1.93. The van der Waals surface area contributed by atoms with E-state index in [1.807, 2.05) is 13.0 Å². The van der Waals surface area contributed by atoms with Crippen LogP contribution < -0.4 is 5.32 Å². The van der Waals surface area contributed by atoms with Gasteiger partial charge in [0.05, 0.1) is 5.56 Å². The minimum absolute atomic E-state index is 0.0906. The highest BCUT2D eigenvalue weighted by atomic mass is 79.9. The molecule has 1 heterocycles. The van der Waals surface area contributed by atoms with Crippen molar-refractivity contribution in [2.75, 3.05) is 5.32 Å². The third-order valence-corrected chi connectivity index (χ3v) is 7.25. The highest BCUT2D eigenvalue weighted by Crippen LogP contribution is 2.39. The Morgan fingerprint density at radius 2 is 1.92 bits per heavy atom. The van der Waals surface area contributed by atoms with E-state index in [1.54, 1.807) is 12.1 Å². The molecule has 2 amide bonds. The van der Waals surface area contributed by atoms with E-state index < -0.39 is 21.8 Å². The van der Waals surface area contributed by atoms with Gasteiger partial charge in [-0.3, -0.25) is 9.59 Å². The number of carbonyl (C=O) groups excluding carboxylic acids is 2. The molecule has 0 saturated heterocycles. The summed E-state index contributed by atoms with van der Waals surface area (Å²) < 4.78 is 27.1. The molecule has 8 heteroatoms. The van der Waals surface area contributed by atoms with Crippen LogP contribution in [0.5, 0.6) is 0 Å². The molecule has 1 fully saturated rings. The van der Waals surface area contributed by atoms with Crippen LogP contribution in [-0.4, -0.2) is 30.6 Å². The van der Waals surface area contributed by atoms with Crippen molar-refractivity contribution in [3.05, 3.63) is 57.6 Å². The second kappa shape index (κ2) is 5.92. The zero-order valence-electron chi connectivity index (χ0n) is 13.8. The molecule has 2 aromatic carbocycles. The second-order valence-electron chi connectivity index (χ2n) is 6.47. The van der Waals surface area contributed by atoms with E-state index in [-0.39, 0.29) is 22.1 Å². The Bertz CT molecular complexity index is 1060. The number of hydrogen-bond acceptors (Lipinski definition) is 4. The Labute approximate surface area is 159 Å². The van der Waals surface area contributed by atoms with Gasteiger partial charge in [-0.05, 0) is 55.7 Å². The zero-order chi connectivity index (χ0) is 18.6. The van der Waals surface area contributed by atoms with Crippen molar-refractivity contribution in [3.63, 3.8) is 0 Å². The lowest BCUT2D eigenvalue weighted by atomic mass is 10.1. The Kier molecular flexibility index (Phi) is 3.92. The number of halogens is 1. The van der Waals surface area contributed by atoms with Gasteiger partial charge in [0, 0.05) is 21.8 Å². The van der Waals surface area contributed by atoms with Crippen molar-refractivity contribution in [2.24, 2.45) is 0 Å². The summed E-state index contributed by atoms with van der Waals surface area (Å²) in [6, 6.07) is 9.32. The molecule has 1 aliphatic heterocycles. The number of aryl methyl sites for hydroxylation is 1. The van der Waals surface area contributed by atoms with Crippen molar-refractivity contribution < 1.29 is 18.0 Å². The molecule has 0 spiro atoms. The first kappa shape index (κ1) is 17.2. The van der Waals surface area contributed by atoms with Crippen LogP contribution in [0.3, 0.4) is 0 Å². The van der Waals surface area contributed by atoms with Crippen molar-refractivity contribution >= 4 is 43.5 Å². The van der Waals surface area contributed by atoms with Crippen molar-refractivity contribution in [3.8, 4) is 0 Å². The van der Waals surface area contributed by atoms with E-state index in [0.29, 0.717) is 18.5 Å². The molecule has 4 rings (SSSR count). The van der Waals surface area contributed by atoms with Gasteiger partial charge in [0.1, 0.15) is 4.90 Å². The van der Waals surface area contributed by atoms with E-state index >= 15 is 0 Å². The average molecular weight is 435 g/mol. The quantitative estimate of drug-likeness (QED) is 0.802. The number of benzene rings is 2. The molecule has 0 unspecified atom stereocenters. The first-order valence-electron chi connectivity index (χ1n) is 8.09. The van der Waals surface area contributed by atoms with Gasteiger partial charge in [0.15, 0.2) is 0 Å². The van der Waals surface area contributed by atoms with E-state index in [1.165, 1.54) is 18.2 Å². The van der Waals surface area contributed by atoms with Gasteiger partial charge in [-0.25, -0.2) is 12.7 Å². The predicted molar refractivity (Wildman–Crippen MR) is 99.7 cm³/mol. The fraction of sp³-hybridized carbons (Fsp3) is 0.222. The molecular weight excluding hydrogens is 420 g/mol. The third-order valence-electron chi connectivity index (χ3n) is 4.52. The number of sulfonamides is 1. The molecule has 2 aliphatic rings. The van der Waals surface area contributed by atoms with Gasteiger partial charge in [0.25, 0.3) is 21.8 Å². The SMILES string of the molecule is Cc1ccc(NC(=O)c2ccc3c(c2)S(=O)(=O)N(C2CC2)C3=O)cc1Br. The summed E-state index contributed by atoms with van der Waals surface area (Å²) in [5.41, 5.74) is 1.94. The second-order valence-corrected chi connectivity index (χ2v) is 9.10. The number of amides is 2. The lowest BCUT2D eigenvalue weighted by Crippen LogP contribution is -2.31. The van der Waals surface area contributed by atoms with Crippen LogP contribution in [0.15, 0.2) is 45.8 Å². The Hall–Kier alpha value is -2.19. The number of nitrogens with zero attached hydrogens (tertiary/aromatic N) is 1. The van der Waals surface area contributed by atoms with Crippen LogP contribution in [0.4, 0.5) is 5.69 Å². The molecular formula is C18H15BrN2O4S. The number of carbonyl (C=O) groups is 2. The monoisotopic (exact) mass is 434 g/mol. The molecule has 1 aliphatic carbocycles. The summed E-state index contributed by atoms with van der Waals surface area (Å²) in [7, 11) is -3.88. The smallest absolute Gasteiger partial charge is 0.269 e. The maximum absolute atomic E-state index is 12.7. The maximum atomic E-state index is 12.7. The number of hydrogen-bond donors (Lipinski definition) is 1. The molecule has 0 aromatic heterocycles. The fourth-order valence-corrected chi connectivity index (χ4v) is 5.15. The van der Waals surface area contributed by atoms with E-state index in [0.717, 1.165) is 14.3 Å². The summed E-state index contributed by atoms with van der Waals surface area (Å²) in [6.07, 6.45) is 1.38. The molecule has 134 valence electrons. The summed E-state index contributed by atoms with van der Waals surface area (Å²) in [5.74, 6) is -0.937. The summed E-state index contributed by atoms with van der Waals surface area (Å²) in [5, 5.41) is 2.74. The van der Waals surface area contributed by atoms with Gasteiger partial charge < -0.3 is 5.32 Å². The molecule has 1 N–H and O–H groups in total. The first-order valence-corrected chi connectivity index (χ1v) is 10.3. The van der Waals surface area contributed by atoms with Crippen LogP contribution in [-0.2, 0) is 10.0 Å². The molecule has 0 bridgehead atoms. The minimum Gasteiger partial charge on any atom is -0.322 e. The van der Waals surface area contributed by atoms with E-state index in [4.69, 9.17) is 0 Å². The van der Waals surface area contributed by atoms with E-state index in [9.17, 15) is 18.0 Å². The molecule has 0 atom stereocenters. The number of fused-ring (bicyclic) bond motifs is 1. The topological polar surface area (TPSA) is 83.6 Å². The molecule has 2 aromatic rings. The van der Waals surface area contributed by atoms with Gasteiger partial charge in [0.2, 0.25) is 0 Å². The Morgan fingerprint density at radius 3 is 2.58 bits per heavy atom. The standard InChI is InChI=1S/C18H15BrN2O4S/c1-10-2-4-12(9-15(10)19)20-17(22)11-3-7-14-16(8-11)26(24,25)21(18(14)23)13-5-6-13/h2-4,7-9,13H,5-6H2,1H3,(H,20,22). The lowest BCUT2D eigenvalue weighted by Gasteiger charge is -2.13. The maximum Gasteiger partial charge on any atom is 0.269 e. The normalized spacial score (nSPS) is 17.9. The lowest BCUT2D eigenvalue weighted by molar-refractivity contribution is 0.0864. The van der Waals surface area contributed by atoms with Crippen molar-refractivity contribution in [1.29, 1.82) is 0 Å². The van der Waals surface area contributed by atoms with Crippen LogP contribution in [0.1, 0.15) is 39.1 Å². The van der Waals surface area contributed by atoms with Gasteiger partial charge in [-0.2, -0.15) is 0 Å². The molecule has 1 saturated carbocycles. The Morgan fingerprint density at radius 1 is 1.19 bits per heavy atom. The number of anilines is 1. The fourth-order valence-electron chi connectivity index (χ4n) is 2.93. The van der Waals surface area contributed by atoms with Crippen molar-refractivity contribution in [1.82, 2.24) is 4.31 Å². The third kappa shape index (κ3) is 2.73. The van der Waals surface area contributed by atoms with Crippen LogP contribution in [0.2, 0.25) is 0 Å². The molecule has 0 radical (unpaired) electrons. The van der Waals surface area contributed by atoms with E-state index in [2.05, 4.69) is 21.2 Å². The first-order chi connectivity index (χ1) is 12.3. The minimum atomic E-state index is -3.88. The highest BCUT2D eigenvalue weighted by Gasteiger charge is 2.48. The number of rotatable bonds is 3. The molecule has 26 heavy (non-hydrogen) atoms. The molecule has 6 nitrogen and oxygen atoms in total. The highest BCUT2D eigenvalue weighted by molar-refractivity contribution is 9.10. The summed E-state index contributed by atoms with van der Waals surface area (Å²) >= 11 is 3.41. The predicted octanol–water partition coefficient (Wildman–Crippen LogP) is 3.32.